The number of carbonyl (C=O) groups excluding carboxylic acids is 5. The fourth-order valence-electron chi connectivity index (χ4n) is 9.81. The topological polar surface area (TPSA) is 139 Å². The zero-order chi connectivity index (χ0) is 33.0. The van der Waals surface area contributed by atoms with Crippen LogP contribution in [0.5, 0.6) is 0 Å². The Morgan fingerprint density at radius 2 is 1.63 bits per heavy atom. The minimum absolute atomic E-state index is 0.104. The number of aliphatic hydroxyl groups excluding tert-OH is 1. The molecule has 3 aliphatic heterocycles. The van der Waals surface area contributed by atoms with Crippen molar-refractivity contribution in [1.82, 2.24) is 25.3 Å². The Kier molecular flexibility index (Phi) is 8.89. The summed E-state index contributed by atoms with van der Waals surface area (Å²) in [6, 6.07) is -1.26. The molecule has 2 saturated carbocycles. The van der Waals surface area contributed by atoms with Crippen LogP contribution in [0.25, 0.3) is 0 Å². The Bertz CT molecular complexity index is 1310. The number of hydrogen-bond acceptors (Lipinski definition) is 7. The Balaban J connectivity index is 1.17. The van der Waals surface area contributed by atoms with Gasteiger partial charge in [-0.2, -0.15) is 0 Å². The molecule has 7 unspecified atom stereocenters. The minimum Gasteiger partial charge on any atom is -0.393 e. The van der Waals surface area contributed by atoms with Gasteiger partial charge in [-0.25, -0.2) is 9.59 Å². The number of imide groups is 2. The fourth-order valence-corrected chi connectivity index (χ4v) is 9.81. The Morgan fingerprint density at radius 3 is 2.30 bits per heavy atom. The predicted octanol–water partition coefficient (Wildman–Crippen LogP) is 3.74. The Hall–Kier alpha value is -2.79. The molecule has 5 fully saturated rings. The highest BCUT2D eigenvalue weighted by Crippen LogP contribution is 2.53. The first-order valence-electron chi connectivity index (χ1n) is 17.7. The Labute approximate surface area is 272 Å². The number of aliphatic hydroxyl groups is 1. The minimum atomic E-state index is -1.22. The van der Waals surface area contributed by atoms with Gasteiger partial charge in [0.25, 0.3) is 11.8 Å². The number of amides is 6. The van der Waals surface area contributed by atoms with Crippen LogP contribution in [-0.2, 0) is 14.4 Å². The molecule has 3 heterocycles. The zero-order valence-corrected chi connectivity index (χ0v) is 28.1. The van der Waals surface area contributed by atoms with Crippen molar-refractivity contribution in [2.45, 2.75) is 127 Å². The number of nitrogens with one attached hydrogen (secondary N) is 2. The number of urea groups is 2. The van der Waals surface area contributed by atoms with Gasteiger partial charge in [-0.1, -0.05) is 51.0 Å². The van der Waals surface area contributed by atoms with Crippen LogP contribution in [0.4, 0.5) is 9.59 Å². The predicted molar refractivity (Wildman–Crippen MR) is 171 cm³/mol. The van der Waals surface area contributed by atoms with Crippen LogP contribution in [0, 0.1) is 23.2 Å². The summed E-state index contributed by atoms with van der Waals surface area (Å²) in [6.45, 7) is 4.09. The molecule has 6 amide bonds. The van der Waals surface area contributed by atoms with Gasteiger partial charge < -0.3 is 20.2 Å². The SMILES string of the molecule is CN1C(=O)N(CC(=O)C2CC(C3CCCCCCC3)CN2)C(=O)C1(C)C1=CC2(CCC1)CCC(O)C(C1(C)C(=O)NC(=O)N1C)C2. The highest BCUT2D eigenvalue weighted by Gasteiger charge is 2.60. The molecule has 1 spiro atoms. The number of Topliss-reactive ketones (excluding diaryl/α,β-unsaturated/α-hetero) is 1. The number of ketones is 1. The molecule has 0 radical (unpaired) electrons. The molecule has 0 aromatic carbocycles. The molecule has 7 atom stereocenters. The van der Waals surface area contributed by atoms with Gasteiger partial charge in [0, 0.05) is 20.0 Å². The second-order valence-electron chi connectivity index (χ2n) is 15.6. The van der Waals surface area contributed by atoms with E-state index in [-0.39, 0.29) is 29.7 Å². The van der Waals surface area contributed by atoms with Crippen LogP contribution >= 0.6 is 0 Å². The van der Waals surface area contributed by atoms with Crippen molar-refractivity contribution in [3.8, 4) is 0 Å². The third-order valence-electron chi connectivity index (χ3n) is 13.2. The first kappa shape index (κ1) is 33.1. The molecular weight excluding hydrogens is 586 g/mol. The lowest BCUT2D eigenvalue weighted by molar-refractivity contribution is -0.134. The molecule has 0 aromatic rings. The van der Waals surface area contributed by atoms with Crippen molar-refractivity contribution >= 4 is 29.7 Å². The number of hydrogen-bond donors (Lipinski definition) is 3. The lowest BCUT2D eigenvalue weighted by Crippen LogP contribution is -2.58. The maximum atomic E-state index is 14.2. The lowest BCUT2D eigenvalue weighted by atomic mass is 9.58. The first-order chi connectivity index (χ1) is 21.8. The summed E-state index contributed by atoms with van der Waals surface area (Å²) in [7, 11) is 3.23. The number of nitrogens with zero attached hydrogens (tertiary/aromatic N) is 3. The highest BCUT2D eigenvalue weighted by atomic mass is 16.3. The number of likely N-dealkylation sites (N-methyl/N-ethyl adjacent to an activating group) is 2. The van der Waals surface area contributed by atoms with Gasteiger partial charge in [-0.15, -0.1) is 0 Å². The van der Waals surface area contributed by atoms with Gasteiger partial charge in [0.2, 0.25) is 0 Å². The lowest BCUT2D eigenvalue weighted by Gasteiger charge is -2.50. The summed E-state index contributed by atoms with van der Waals surface area (Å²) in [5, 5.41) is 16.9. The van der Waals surface area contributed by atoms with Crippen LogP contribution in [0.15, 0.2) is 11.6 Å². The Morgan fingerprint density at radius 1 is 0.935 bits per heavy atom. The average Bonchev–Trinajstić information content (AvgIpc) is 3.63. The van der Waals surface area contributed by atoms with Crippen LogP contribution < -0.4 is 10.6 Å². The van der Waals surface area contributed by atoms with Gasteiger partial charge in [-0.3, -0.25) is 24.6 Å². The summed E-state index contributed by atoms with van der Waals surface area (Å²) in [5.41, 5.74) is -1.95. The maximum Gasteiger partial charge on any atom is 0.328 e. The van der Waals surface area contributed by atoms with E-state index in [0.717, 1.165) is 36.3 Å². The van der Waals surface area contributed by atoms with E-state index in [4.69, 9.17) is 0 Å². The number of carbonyl (C=O) groups is 5. The average molecular weight is 640 g/mol. The largest absolute Gasteiger partial charge is 0.393 e. The van der Waals surface area contributed by atoms with Crippen molar-refractivity contribution in [2.75, 3.05) is 27.2 Å². The van der Waals surface area contributed by atoms with Crippen molar-refractivity contribution in [1.29, 1.82) is 0 Å². The molecule has 0 aromatic heterocycles. The molecule has 3 N–H and O–H groups in total. The van der Waals surface area contributed by atoms with Crippen molar-refractivity contribution in [3.05, 3.63) is 11.6 Å². The van der Waals surface area contributed by atoms with E-state index < -0.39 is 41.1 Å². The highest BCUT2D eigenvalue weighted by molar-refractivity contribution is 6.11. The third kappa shape index (κ3) is 5.39. The normalized spacial score (nSPS) is 39.6. The van der Waals surface area contributed by atoms with E-state index in [1.165, 1.54) is 54.7 Å². The number of allylic oxidation sites excluding steroid dienone is 1. The van der Waals surface area contributed by atoms with Crippen molar-refractivity contribution < 1.29 is 29.1 Å². The maximum absolute atomic E-state index is 14.2. The van der Waals surface area contributed by atoms with E-state index in [1.54, 1.807) is 27.9 Å². The summed E-state index contributed by atoms with van der Waals surface area (Å²) >= 11 is 0. The van der Waals surface area contributed by atoms with E-state index in [9.17, 15) is 29.1 Å². The molecule has 0 bridgehead atoms. The molecule has 6 rings (SSSR count). The molecule has 254 valence electrons. The van der Waals surface area contributed by atoms with Gasteiger partial charge in [-0.05, 0) is 88.2 Å². The van der Waals surface area contributed by atoms with Gasteiger partial charge in [0.15, 0.2) is 5.78 Å². The zero-order valence-electron chi connectivity index (χ0n) is 28.1. The van der Waals surface area contributed by atoms with Crippen molar-refractivity contribution in [3.63, 3.8) is 0 Å². The van der Waals surface area contributed by atoms with Crippen molar-refractivity contribution in [2.24, 2.45) is 23.2 Å². The smallest absolute Gasteiger partial charge is 0.328 e. The summed E-state index contributed by atoms with van der Waals surface area (Å²) in [4.78, 5) is 70.7. The summed E-state index contributed by atoms with van der Waals surface area (Å²) in [5.74, 6) is -0.273. The standard InChI is InChI=1S/C35H53N5O6/c1-33(24-13-10-15-35(18-24)16-14-27(41)25(19-35)34(2)29(43)37-31(45)38(34)3)30(44)40(32(46)39(33)4)21-28(42)26-17-23(20-36-26)22-11-8-6-5-7-9-12-22/h18,22-23,25-27,36,41H,5-17,19-21H2,1-4H3,(H,37,43,45). The number of rotatable bonds is 6. The molecule has 11 nitrogen and oxygen atoms in total. The van der Waals surface area contributed by atoms with E-state index in [0.29, 0.717) is 37.5 Å². The molecular formula is C35H53N5O6. The quantitative estimate of drug-likeness (QED) is 0.297. The molecule has 3 saturated heterocycles. The van der Waals surface area contributed by atoms with E-state index in [1.807, 2.05) is 0 Å². The molecule has 11 heteroatoms. The van der Waals surface area contributed by atoms with Gasteiger partial charge >= 0.3 is 12.1 Å². The fraction of sp³-hybridized carbons (Fsp3) is 0.800. The second-order valence-corrected chi connectivity index (χ2v) is 15.6. The second kappa shape index (κ2) is 12.3. The van der Waals surface area contributed by atoms with Crippen LogP contribution in [0.2, 0.25) is 0 Å². The molecule has 46 heavy (non-hydrogen) atoms. The summed E-state index contributed by atoms with van der Waals surface area (Å²) < 4.78 is 0. The van der Waals surface area contributed by atoms with Gasteiger partial charge in [0.1, 0.15) is 11.1 Å². The molecule has 3 aliphatic carbocycles. The van der Waals surface area contributed by atoms with Crippen LogP contribution in [0.3, 0.4) is 0 Å². The van der Waals surface area contributed by atoms with Crippen LogP contribution in [0.1, 0.15) is 104 Å². The third-order valence-corrected chi connectivity index (χ3v) is 13.2. The van der Waals surface area contributed by atoms with Gasteiger partial charge in [0.05, 0.1) is 18.7 Å². The first-order valence-corrected chi connectivity index (χ1v) is 17.7. The van der Waals surface area contributed by atoms with E-state index in [2.05, 4.69) is 16.7 Å². The van der Waals surface area contributed by atoms with Crippen LogP contribution in [-0.4, -0.2) is 99.9 Å². The monoisotopic (exact) mass is 639 g/mol. The summed E-state index contributed by atoms with van der Waals surface area (Å²) in [6.07, 6.45) is 14.9. The molecule has 6 aliphatic rings. The van der Waals surface area contributed by atoms with E-state index >= 15 is 0 Å².